The highest BCUT2D eigenvalue weighted by molar-refractivity contribution is 9.10. The molecule has 0 aliphatic carbocycles. The molecule has 0 radical (unpaired) electrons. The molecule has 0 atom stereocenters. The van der Waals surface area contributed by atoms with Crippen LogP contribution in [-0.2, 0) is 0 Å². The normalized spacial score (nSPS) is 11.6. The van der Waals surface area contributed by atoms with Gasteiger partial charge >= 0.3 is 0 Å². The fourth-order valence-corrected chi connectivity index (χ4v) is 2.47. The maximum Gasteiger partial charge on any atom is 0.102 e. The van der Waals surface area contributed by atoms with Crippen molar-refractivity contribution in [2.24, 2.45) is 5.73 Å². The molecule has 3 nitrogen and oxygen atoms in total. The first-order valence-electron chi connectivity index (χ1n) is 5.70. The summed E-state index contributed by atoms with van der Waals surface area (Å²) in [4.78, 5) is 4.01. The number of nitriles is 1. The molecule has 19 heavy (non-hydrogen) atoms. The predicted octanol–water partition coefficient (Wildman–Crippen LogP) is 3.50. The number of aryl methyl sites for hydroxylation is 1. The Bertz CT molecular complexity index is 670. The van der Waals surface area contributed by atoms with E-state index in [1.165, 1.54) is 0 Å². The van der Waals surface area contributed by atoms with E-state index in [9.17, 15) is 5.26 Å². The van der Waals surface area contributed by atoms with Gasteiger partial charge in [0, 0.05) is 28.0 Å². The van der Waals surface area contributed by atoms with Gasteiger partial charge in [-0.15, -0.1) is 0 Å². The summed E-state index contributed by atoms with van der Waals surface area (Å²) in [6, 6.07) is 11.6. The van der Waals surface area contributed by atoms with Gasteiger partial charge in [0.15, 0.2) is 0 Å². The smallest absolute Gasteiger partial charge is 0.102 e. The molecule has 94 valence electrons. The lowest BCUT2D eigenvalue weighted by molar-refractivity contribution is 1.31. The highest BCUT2D eigenvalue weighted by Gasteiger charge is 2.11. The summed E-state index contributed by atoms with van der Waals surface area (Å²) in [7, 11) is 0. The highest BCUT2D eigenvalue weighted by atomic mass is 79.9. The topological polar surface area (TPSA) is 62.7 Å². The molecule has 1 heterocycles. The van der Waals surface area contributed by atoms with Gasteiger partial charge in [0.05, 0.1) is 11.3 Å². The van der Waals surface area contributed by atoms with Crippen molar-refractivity contribution >= 4 is 27.2 Å². The number of hydrogen-bond acceptors (Lipinski definition) is 3. The third-order valence-corrected chi connectivity index (χ3v) is 3.40. The fourth-order valence-electron chi connectivity index (χ4n) is 1.76. The van der Waals surface area contributed by atoms with Crippen molar-refractivity contribution in [3.05, 3.63) is 63.9 Å². The van der Waals surface area contributed by atoms with Gasteiger partial charge < -0.3 is 5.73 Å². The second-order valence-corrected chi connectivity index (χ2v) is 4.98. The quantitative estimate of drug-likeness (QED) is 0.863. The van der Waals surface area contributed by atoms with Crippen molar-refractivity contribution in [2.45, 2.75) is 6.92 Å². The van der Waals surface area contributed by atoms with E-state index in [4.69, 9.17) is 5.73 Å². The lowest BCUT2D eigenvalue weighted by Gasteiger charge is -2.09. The third-order valence-electron chi connectivity index (χ3n) is 2.75. The first kappa shape index (κ1) is 13.3. The molecule has 2 rings (SSSR count). The molecule has 0 unspecified atom stereocenters. The van der Waals surface area contributed by atoms with Crippen LogP contribution in [0.4, 0.5) is 0 Å². The van der Waals surface area contributed by atoms with Crippen LogP contribution in [0.25, 0.3) is 11.3 Å². The van der Waals surface area contributed by atoms with Gasteiger partial charge in [0.25, 0.3) is 0 Å². The van der Waals surface area contributed by atoms with Crippen LogP contribution in [0.15, 0.2) is 47.2 Å². The number of rotatable bonds is 2. The molecule has 0 spiro atoms. The average Bonchev–Trinajstić information content (AvgIpc) is 2.40. The number of halogens is 1. The highest BCUT2D eigenvalue weighted by Crippen LogP contribution is 2.27. The van der Waals surface area contributed by atoms with Crippen LogP contribution in [0.3, 0.4) is 0 Å². The number of nitrogens with two attached hydrogens (primary N) is 1. The second-order valence-electron chi connectivity index (χ2n) is 4.13. The molecule has 2 aromatic rings. The van der Waals surface area contributed by atoms with Crippen molar-refractivity contribution in [3.8, 4) is 6.07 Å². The van der Waals surface area contributed by atoms with E-state index < -0.39 is 0 Å². The summed E-state index contributed by atoms with van der Waals surface area (Å²) in [5.74, 6) is 0. The number of benzene rings is 1. The molecule has 0 aliphatic rings. The zero-order valence-electron chi connectivity index (χ0n) is 10.4. The molecule has 1 aromatic heterocycles. The van der Waals surface area contributed by atoms with Crippen molar-refractivity contribution in [1.29, 1.82) is 5.26 Å². The maximum absolute atomic E-state index is 9.33. The van der Waals surface area contributed by atoms with E-state index in [-0.39, 0.29) is 0 Å². The summed E-state index contributed by atoms with van der Waals surface area (Å²) >= 11 is 3.48. The molecule has 1 aromatic carbocycles. The third kappa shape index (κ3) is 2.83. The van der Waals surface area contributed by atoms with E-state index in [0.29, 0.717) is 11.3 Å². The van der Waals surface area contributed by atoms with Gasteiger partial charge in [-0.2, -0.15) is 5.26 Å². The minimum atomic E-state index is 0.428. The molecule has 0 aliphatic heterocycles. The number of nitrogens with zero attached hydrogens (tertiary/aromatic N) is 2. The SMILES string of the molecule is Cc1ccc(/C(N)=C(/C#N)c2cccnc2)c(Br)c1. The Morgan fingerprint density at radius 2 is 2.16 bits per heavy atom. The molecule has 0 fully saturated rings. The van der Waals surface area contributed by atoms with Gasteiger partial charge in [-0.3, -0.25) is 4.98 Å². The minimum absolute atomic E-state index is 0.428. The van der Waals surface area contributed by atoms with Gasteiger partial charge in [-0.1, -0.05) is 34.1 Å². The van der Waals surface area contributed by atoms with Crippen LogP contribution in [0, 0.1) is 18.3 Å². The Kier molecular flexibility index (Phi) is 3.98. The Morgan fingerprint density at radius 1 is 1.37 bits per heavy atom. The number of pyridine rings is 1. The number of allylic oxidation sites excluding steroid dienone is 1. The van der Waals surface area contributed by atoms with Crippen molar-refractivity contribution in [2.75, 3.05) is 0 Å². The van der Waals surface area contributed by atoms with E-state index in [0.717, 1.165) is 21.2 Å². The van der Waals surface area contributed by atoms with Gasteiger partial charge in [-0.25, -0.2) is 0 Å². The number of hydrogen-bond donors (Lipinski definition) is 1. The molecule has 0 amide bonds. The van der Waals surface area contributed by atoms with E-state index in [2.05, 4.69) is 27.0 Å². The molecular formula is C15H12BrN3. The zero-order valence-corrected chi connectivity index (χ0v) is 12.0. The van der Waals surface area contributed by atoms with Crippen LogP contribution in [-0.4, -0.2) is 4.98 Å². The van der Waals surface area contributed by atoms with Crippen LogP contribution in [0.2, 0.25) is 0 Å². The van der Waals surface area contributed by atoms with Crippen LogP contribution in [0.1, 0.15) is 16.7 Å². The largest absolute Gasteiger partial charge is 0.397 e. The summed E-state index contributed by atoms with van der Waals surface area (Å²) in [6.45, 7) is 2.00. The number of aromatic nitrogens is 1. The minimum Gasteiger partial charge on any atom is -0.397 e. The van der Waals surface area contributed by atoms with Crippen molar-refractivity contribution < 1.29 is 0 Å². The second kappa shape index (κ2) is 5.68. The van der Waals surface area contributed by atoms with Crippen LogP contribution < -0.4 is 5.73 Å². The van der Waals surface area contributed by atoms with Gasteiger partial charge in [0.1, 0.15) is 6.07 Å². The average molecular weight is 314 g/mol. The zero-order chi connectivity index (χ0) is 13.8. The predicted molar refractivity (Wildman–Crippen MR) is 79.7 cm³/mol. The lowest BCUT2D eigenvalue weighted by Crippen LogP contribution is -2.02. The van der Waals surface area contributed by atoms with Gasteiger partial charge in [0.2, 0.25) is 0 Å². The van der Waals surface area contributed by atoms with Crippen LogP contribution >= 0.6 is 15.9 Å². The molecule has 0 saturated heterocycles. The van der Waals surface area contributed by atoms with Crippen LogP contribution in [0.5, 0.6) is 0 Å². The van der Waals surface area contributed by atoms with E-state index in [1.54, 1.807) is 18.5 Å². The molecule has 0 saturated carbocycles. The summed E-state index contributed by atoms with van der Waals surface area (Å²) in [6.07, 6.45) is 3.30. The Morgan fingerprint density at radius 3 is 2.74 bits per heavy atom. The lowest BCUT2D eigenvalue weighted by atomic mass is 10.0. The molecule has 2 N–H and O–H groups in total. The van der Waals surface area contributed by atoms with E-state index in [1.807, 2.05) is 31.2 Å². The Balaban J connectivity index is 2.59. The monoisotopic (exact) mass is 313 g/mol. The standard InChI is InChI=1S/C15H12BrN3/c1-10-4-5-12(14(16)7-10)15(18)13(8-17)11-3-2-6-19-9-11/h2-7,9H,18H2,1H3/b15-13+. The Labute approximate surface area is 120 Å². The first-order valence-corrected chi connectivity index (χ1v) is 6.49. The molecular weight excluding hydrogens is 302 g/mol. The molecule has 0 bridgehead atoms. The van der Waals surface area contributed by atoms with Gasteiger partial charge in [-0.05, 0) is 24.6 Å². The fraction of sp³-hybridized carbons (Fsp3) is 0.0667. The van der Waals surface area contributed by atoms with Crippen molar-refractivity contribution in [1.82, 2.24) is 4.98 Å². The Hall–Kier alpha value is -2.12. The summed E-state index contributed by atoms with van der Waals surface area (Å²) < 4.78 is 0.877. The summed E-state index contributed by atoms with van der Waals surface area (Å²) in [5, 5.41) is 9.33. The van der Waals surface area contributed by atoms with Crippen molar-refractivity contribution in [3.63, 3.8) is 0 Å². The first-order chi connectivity index (χ1) is 9.13. The summed E-state index contributed by atoms with van der Waals surface area (Å²) in [5.41, 5.74) is 9.66. The maximum atomic E-state index is 9.33. The van der Waals surface area contributed by atoms with E-state index >= 15 is 0 Å². The molecule has 4 heteroatoms.